The van der Waals surface area contributed by atoms with Gasteiger partial charge in [-0.1, -0.05) is 48.0 Å². The molecular weight excluding hydrogens is 480 g/mol. The first-order valence-electron chi connectivity index (χ1n) is 11.2. The molecular formula is C27H23ClN4O4. The Morgan fingerprint density at radius 3 is 2.61 bits per heavy atom. The molecule has 0 amide bonds. The van der Waals surface area contributed by atoms with E-state index in [9.17, 15) is 10.1 Å². The summed E-state index contributed by atoms with van der Waals surface area (Å²) in [7, 11) is 0. The summed E-state index contributed by atoms with van der Waals surface area (Å²) >= 11 is 6.66. The van der Waals surface area contributed by atoms with E-state index >= 15 is 0 Å². The third-order valence-corrected chi connectivity index (χ3v) is 5.62. The summed E-state index contributed by atoms with van der Waals surface area (Å²) < 4.78 is 16.1. The normalized spacial score (nSPS) is 11.5. The molecule has 8 nitrogen and oxygen atoms in total. The maximum Gasteiger partial charge on any atom is 0.511 e. The van der Waals surface area contributed by atoms with E-state index in [2.05, 4.69) is 21.4 Å². The molecule has 0 saturated heterocycles. The Labute approximate surface area is 213 Å². The largest absolute Gasteiger partial charge is 0.511 e. The minimum absolute atomic E-state index is 0.303. The molecule has 2 aromatic carbocycles. The minimum atomic E-state index is -0.840. The van der Waals surface area contributed by atoms with E-state index in [1.165, 1.54) is 0 Å². The number of hydrogen-bond acceptors (Lipinski definition) is 8. The van der Waals surface area contributed by atoms with Crippen molar-refractivity contribution in [1.29, 1.82) is 5.26 Å². The first kappa shape index (κ1) is 24.8. The Kier molecular flexibility index (Phi) is 7.83. The molecule has 182 valence electrons. The number of halogens is 1. The Balaban J connectivity index is 1.81. The van der Waals surface area contributed by atoms with E-state index in [-0.39, 0.29) is 6.10 Å². The number of fused-ring (bicyclic) bond motifs is 1. The van der Waals surface area contributed by atoms with Gasteiger partial charge in [-0.05, 0) is 43.7 Å². The molecule has 0 radical (unpaired) electrons. The van der Waals surface area contributed by atoms with Crippen molar-refractivity contribution < 1.29 is 19.0 Å². The second kappa shape index (κ2) is 11.4. The molecule has 0 saturated carbocycles. The molecule has 9 heteroatoms. The van der Waals surface area contributed by atoms with Crippen LogP contribution in [0.2, 0.25) is 5.02 Å². The summed E-state index contributed by atoms with van der Waals surface area (Å²) in [4.78, 5) is 20.8. The maximum absolute atomic E-state index is 11.9. The molecule has 2 heterocycles. The molecule has 4 rings (SSSR count). The van der Waals surface area contributed by atoms with Crippen molar-refractivity contribution in [3.63, 3.8) is 0 Å². The van der Waals surface area contributed by atoms with Crippen LogP contribution in [0.4, 0.5) is 10.6 Å². The van der Waals surface area contributed by atoms with E-state index in [1.54, 1.807) is 38.4 Å². The molecule has 0 aliphatic carbocycles. The van der Waals surface area contributed by atoms with Crippen LogP contribution < -0.4 is 10.1 Å². The maximum atomic E-state index is 11.9. The van der Waals surface area contributed by atoms with Gasteiger partial charge >= 0.3 is 6.16 Å². The van der Waals surface area contributed by atoms with E-state index in [1.807, 2.05) is 48.5 Å². The average Bonchev–Trinajstić information content (AvgIpc) is 2.88. The second-order valence-corrected chi connectivity index (χ2v) is 8.37. The van der Waals surface area contributed by atoms with E-state index in [0.29, 0.717) is 38.8 Å². The molecule has 1 unspecified atom stereocenters. The van der Waals surface area contributed by atoms with Crippen molar-refractivity contribution in [2.45, 2.75) is 26.0 Å². The third-order valence-electron chi connectivity index (χ3n) is 5.20. The first-order valence-corrected chi connectivity index (χ1v) is 11.6. The molecule has 2 aromatic heterocycles. The second-order valence-electron chi connectivity index (χ2n) is 8.00. The molecule has 0 fully saturated rings. The monoisotopic (exact) mass is 502 g/mol. The van der Waals surface area contributed by atoms with Gasteiger partial charge in [-0.25, -0.2) is 9.78 Å². The SMILES string of the molecule is CC(C)OC(=O)OCOc1c(C(Nc2ccccn2)c2cccc(C#N)c2Cl)ccc2cccnc12. The highest BCUT2D eigenvalue weighted by atomic mass is 35.5. The van der Waals surface area contributed by atoms with Crippen molar-refractivity contribution in [3.8, 4) is 11.8 Å². The lowest BCUT2D eigenvalue weighted by molar-refractivity contribution is -0.00807. The summed E-state index contributed by atoms with van der Waals surface area (Å²) in [6, 6.07) is 19.8. The zero-order chi connectivity index (χ0) is 25.5. The topological polar surface area (TPSA) is 106 Å². The van der Waals surface area contributed by atoms with Gasteiger partial charge in [-0.3, -0.25) is 4.98 Å². The number of aromatic nitrogens is 2. The van der Waals surface area contributed by atoms with Crippen molar-refractivity contribution in [2.75, 3.05) is 12.1 Å². The fraction of sp³-hybridized carbons (Fsp3) is 0.185. The van der Waals surface area contributed by atoms with Crippen LogP contribution in [0.15, 0.2) is 73.1 Å². The van der Waals surface area contributed by atoms with Crippen LogP contribution in [0.1, 0.15) is 36.6 Å². The molecule has 0 aliphatic rings. The number of rotatable bonds is 8. The van der Waals surface area contributed by atoms with Crippen molar-refractivity contribution in [1.82, 2.24) is 9.97 Å². The number of nitriles is 1. The van der Waals surface area contributed by atoms with Crippen LogP contribution in [0.3, 0.4) is 0 Å². The van der Waals surface area contributed by atoms with E-state index < -0.39 is 19.0 Å². The smallest absolute Gasteiger partial charge is 0.455 e. The summed E-state index contributed by atoms with van der Waals surface area (Å²) in [5, 5.41) is 14.1. The van der Waals surface area contributed by atoms with Crippen molar-refractivity contribution in [3.05, 3.63) is 94.8 Å². The Bertz CT molecular complexity index is 1410. The number of carbonyl (C=O) groups excluding carboxylic acids is 1. The zero-order valence-electron chi connectivity index (χ0n) is 19.6. The fourth-order valence-corrected chi connectivity index (χ4v) is 3.93. The summed E-state index contributed by atoms with van der Waals surface area (Å²) in [5.41, 5.74) is 2.20. The fourth-order valence-electron chi connectivity index (χ4n) is 3.65. The number of nitrogens with zero attached hydrogens (tertiary/aromatic N) is 3. The number of nitrogens with one attached hydrogen (secondary N) is 1. The van der Waals surface area contributed by atoms with Gasteiger partial charge in [0.05, 0.1) is 22.7 Å². The van der Waals surface area contributed by atoms with E-state index in [0.717, 1.165) is 5.39 Å². The van der Waals surface area contributed by atoms with Gasteiger partial charge in [0.1, 0.15) is 17.4 Å². The first-order chi connectivity index (χ1) is 17.5. The van der Waals surface area contributed by atoms with Crippen LogP contribution in [-0.4, -0.2) is 29.0 Å². The van der Waals surface area contributed by atoms with Crippen molar-refractivity contribution >= 4 is 34.5 Å². The lowest BCUT2D eigenvalue weighted by Crippen LogP contribution is -2.18. The van der Waals surface area contributed by atoms with Gasteiger partial charge in [0, 0.05) is 23.3 Å². The number of pyridine rings is 2. The molecule has 36 heavy (non-hydrogen) atoms. The highest BCUT2D eigenvalue weighted by Gasteiger charge is 2.25. The highest BCUT2D eigenvalue weighted by Crippen LogP contribution is 2.40. The predicted octanol–water partition coefficient (Wildman–Crippen LogP) is 6.25. The van der Waals surface area contributed by atoms with Crippen LogP contribution in [0.25, 0.3) is 10.9 Å². The van der Waals surface area contributed by atoms with E-state index in [4.69, 9.17) is 25.8 Å². The predicted molar refractivity (Wildman–Crippen MR) is 136 cm³/mol. The standard InChI is InChI=1S/C27H23ClN4O4/c1-17(2)36-27(33)35-16-34-26-21(12-11-18-8-6-14-31-24(18)26)25(32-22-10-3-4-13-30-22)20-9-5-7-19(15-29)23(20)28/h3-14,17,25H,16H2,1-2H3,(H,30,32). The number of anilines is 1. The number of benzene rings is 2. The zero-order valence-corrected chi connectivity index (χ0v) is 20.4. The average molecular weight is 503 g/mol. The number of hydrogen-bond donors (Lipinski definition) is 1. The molecule has 0 aliphatic heterocycles. The minimum Gasteiger partial charge on any atom is -0.455 e. The van der Waals surface area contributed by atoms with Gasteiger partial charge in [-0.2, -0.15) is 5.26 Å². The Morgan fingerprint density at radius 1 is 1.03 bits per heavy atom. The van der Waals surface area contributed by atoms with Crippen molar-refractivity contribution in [2.24, 2.45) is 0 Å². The number of ether oxygens (including phenoxy) is 3. The molecule has 1 atom stereocenters. The van der Waals surface area contributed by atoms with Crippen LogP contribution in [-0.2, 0) is 9.47 Å². The quantitative estimate of drug-likeness (QED) is 0.222. The van der Waals surface area contributed by atoms with Crippen LogP contribution >= 0.6 is 11.6 Å². The van der Waals surface area contributed by atoms with Gasteiger partial charge < -0.3 is 19.5 Å². The molecule has 0 bridgehead atoms. The summed E-state index contributed by atoms with van der Waals surface area (Å²) in [5.74, 6) is 0.974. The molecule has 1 N–H and O–H groups in total. The number of carbonyl (C=O) groups is 1. The van der Waals surface area contributed by atoms with Gasteiger partial charge in [0.25, 0.3) is 0 Å². The Morgan fingerprint density at radius 2 is 1.86 bits per heavy atom. The molecule has 4 aromatic rings. The van der Waals surface area contributed by atoms with Crippen LogP contribution in [0.5, 0.6) is 5.75 Å². The van der Waals surface area contributed by atoms with Gasteiger partial charge in [-0.15, -0.1) is 0 Å². The van der Waals surface area contributed by atoms with Crippen LogP contribution in [0, 0.1) is 11.3 Å². The lowest BCUT2D eigenvalue weighted by atomic mass is 9.95. The molecule has 0 spiro atoms. The summed E-state index contributed by atoms with van der Waals surface area (Å²) in [6.45, 7) is 3.06. The lowest BCUT2D eigenvalue weighted by Gasteiger charge is -2.24. The Hall–Kier alpha value is -4.35. The van der Waals surface area contributed by atoms with Gasteiger partial charge in [0.15, 0.2) is 5.75 Å². The van der Waals surface area contributed by atoms with Gasteiger partial charge in [0.2, 0.25) is 6.79 Å². The third kappa shape index (κ3) is 5.65. The highest BCUT2D eigenvalue weighted by molar-refractivity contribution is 6.32. The summed E-state index contributed by atoms with van der Waals surface area (Å²) in [6.07, 6.45) is 2.15.